The molecule has 0 bridgehead atoms. The van der Waals surface area contributed by atoms with E-state index >= 15 is 0 Å². The van der Waals surface area contributed by atoms with Gasteiger partial charge in [-0.25, -0.2) is 14.4 Å². The number of hydrogen-bond acceptors (Lipinski definition) is 8. The van der Waals surface area contributed by atoms with Gasteiger partial charge in [-0.15, -0.1) is 0 Å². The first-order valence-electron chi connectivity index (χ1n) is 11.0. The van der Waals surface area contributed by atoms with E-state index in [1.807, 2.05) is 36.4 Å². The summed E-state index contributed by atoms with van der Waals surface area (Å²) in [5.41, 5.74) is 1.90. The highest BCUT2D eigenvalue weighted by atomic mass is 16.6. The summed E-state index contributed by atoms with van der Waals surface area (Å²) in [4.78, 5) is 34.4. The monoisotopic (exact) mass is 500 g/mol. The Morgan fingerprint density at radius 1 is 0.514 bits per heavy atom. The molecule has 0 aliphatic rings. The van der Waals surface area contributed by atoms with Crippen LogP contribution < -0.4 is 23.7 Å². The highest BCUT2D eigenvalue weighted by molar-refractivity contribution is 5.85. The molecule has 8 nitrogen and oxygen atoms in total. The predicted molar refractivity (Wildman–Crippen MR) is 137 cm³/mol. The quantitative estimate of drug-likeness (QED) is 0.147. The normalized spacial score (nSPS) is 9.95. The summed E-state index contributed by atoms with van der Waals surface area (Å²) >= 11 is 0. The molecule has 0 aliphatic carbocycles. The van der Waals surface area contributed by atoms with Crippen molar-refractivity contribution >= 4 is 17.9 Å². The third kappa shape index (κ3) is 8.25. The highest BCUT2D eigenvalue weighted by Gasteiger charge is 2.10. The Morgan fingerprint density at radius 2 is 0.865 bits per heavy atom. The van der Waals surface area contributed by atoms with Crippen molar-refractivity contribution in [1.29, 1.82) is 0 Å². The molecule has 0 atom stereocenters. The molecule has 0 aliphatic heterocycles. The summed E-state index contributed by atoms with van der Waals surface area (Å²) in [6.07, 6.45) is 3.13. The lowest BCUT2D eigenvalue weighted by Crippen LogP contribution is -2.10. The van der Waals surface area contributed by atoms with E-state index in [1.165, 1.54) is 18.2 Å². The second-order valence-corrected chi connectivity index (χ2v) is 7.26. The van der Waals surface area contributed by atoms with Gasteiger partial charge in [0.2, 0.25) is 0 Å². The molecule has 188 valence electrons. The lowest BCUT2D eigenvalue weighted by Gasteiger charge is -2.12. The number of benzene rings is 3. The Labute approximate surface area is 214 Å². The predicted octanol–water partition coefficient (Wildman–Crippen LogP) is 5.09. The number of ether oxygens (including phenoxy) is 5. The number of hydrogen-bond donors (Lipinski definition) is 0. The SMILES string of the molecule is C=CC(=O)Oc1ccc(-c2ccc(OCCOc3cc(OC(=O)C=C)cc(OC(=O)C=C)c3)cc2)cc1. The Kier molecular flexibility index (Phi) is 9.38. The second kappa shape index (κ2) is 13.1. The first-order valence-corrected chi connectivity index (χ1v) is 11.0. The zero-order valence-corrected chi connectivity index (χ0v) is 19.9. The third-order valence-corrected chi connectivity index (χ3v) is 4.67. The number of carbonyl (C=O) groups is 3. The molecular weight excluding hydrogens is 476 g/mol. The van der Waals surface area contributed by atoms with Crippen LogP contribution >= 0.6 is 0 Å². The van der Waals surface area contributed by atoms with Crippen LogP contribution in [0.15, 0.2) is 105 Å². The number of esters is 3. The molecule has 8 heteroatoms. The third-order valence-electron chi connectivity index (χ3n) is 4.67. The molecule has 0 radical (unpaired) electrons. The molecule has 3 aromatic carbocycles. The lowest BCUT2D eigenvalue weighted by molar-refractivity contribution is -0.130. The first-order chi connectivity index (χ1) is 17.9. The Morgan fingerprint density at radius 3 is 1.30 bits per heavy atom. The van der Waals surface area contributed by atoms with Gasteiger partial charge in [-0.3, -0.25) is 0 Å². The van der Waals surface area contributed by atoms with Crippen molar-refractivity contribution in [3.63, 3.8) is 0 Å². The largest absolute Gasteiger partial charge is 0.490 e. The van der Waals surface area contributed by atoms with E-state index in [9.17, 15) is 14.4 Å². The Hall–Kier alpha value is -5.11. The molecule has 0 saturated heterocycles. The van der Waals surface area contributed by atoms with Crippen molar-refractivity contribution in [2.24, 2.45) is 0 Å². The van der Waals surface area contributed by atoms with Crippen LogP contribution in [0.4, 0.5) is 0 Å². The maximum Gasteiger partial charge on any atom is 0.335 e. The van der Waals surface area contributed by atoms with Gasteiger partial charge >= 0.3 is 17.9 Å². The van der Waals surface area contributed by atoms with Crippen LogP contribution in [0.1, 0.15) is 0 Å². The van der Waals surface area contributed by atoms with Gasteiger partial charge in [0, 0.05) is 36.4 Å². The molecule has 0 spiro atoms. The van der Waals surface area contributed by atoms with Crippen molar-refractivity contribution < 1.29 is 38.1 Å². The standard InChI is InChI=1S/C29H24O8/c1-4-27(30)35-23-13-9-21(10-14-23)20-7-11-22(12-8-20)33-15-16-34-24-17-25(36-28(31)5-2)19-26(18-24)37-29(32)6-3/h4-14,17-19H,1-3,15-16H2. The van der Waals surface area contributed by atoms with Gasteiger partial charge in [0.1, 0.15) is 42.0 Å². The highest BCUT2D eigenvalue weighted by Crippen LogP contribution is 2.29. The van der Waals surface area contributed by atoms with Crippen molar-refractivity contribution in [3.05, 3.63) is 105 Å². The molecule has 3 rings (SSSR count). The fraction of sp³-hybridized carbons (Fsp3) is 0.0690. The summed E-state index contributed by atoms with van der Waals surface area (Å²) in [5, 5.41) is 0. The van der Waals surface area contributed by atoms with Crippen molar-refractivity contribution in [2.75, 3.05) is 13.2 Å². The molecule has 0 unspecified atom stereocenters. The summed E-state index contributed by atoms with van der Waals surface area (Å²) in [6.45, 7) is 10.5. The van der Waals surface area contributed by atoms with Gasteiger partial charge in [0.05, 0.1) is 0 Å². The number of carbonyl (C=O) groups excluding carboxylic acids is 3. The Bertz CT molecular complexity index is 1250. The second-order valence-electron chi connectivity index (χ2n) is 7.26. The molecule has 0 fully saturated rings. The maximum atomic E-state index is 11.5. The molecule has 0 amide bonds. The van der Waals surface area contributed by atoms with Crippen molar-refractivity contribution in [1.82, 2.24) is 0 Å². The smallest absolute Gasteiger partial charge is 0.335 e. The first kappa shape index (κ1) is 26.5. The number of rotatable bonds is 12. The van der Waals surface area contributed by atoms with Gasteiger partial charge in [-0.05, 0) is 35.4 Å². The average Bonchev–Trinajstić information content (AvgIpc) is 2.91. The summed E-state index contributed by atoms with van der Waals surface area (Å²) in [5.74, 6) is -0.229. The van der Waals surface area contributed by atoms with Gasteiger partial charge in [0.25, 0.3) is 0 Å². The van der Waals surface area contributed by atoms with E-state index in [4.69, 9.17) is 23.7 Å². The molecule has 37 heavy (non-hydrogen) atoms. The van der Waals surface area contributed by atoms with Crippen LogP contribution in [0.25, 0.3) is 11.1 Å². The van der Waals surface area contributed by atoms with E-state index < -0.39 is 17.9 Å². The molecular formula is C29H24O8. The van der Waals surface area contributed by atoms with Gasteiger partial charge in [-0.1, -0.05) is 44.0 Å². The zero-order chi connectivity index (χ0) is 26.6. The maximum absolute atomic E-state index is 11.5. The average molecular weight is 501 g/mol. The van der Waals surface area contributed by atoms with Crippen LogP contribution in [0.2, 0.25) is 0 Å². The molecule has 0 aromatic heterocycles. The van der Waals surface area contributed by atoms with Crippen LogP contribution in [-0.2, 0) is 14.4 Å². The fourth-order valence-corrected chi connectivity index (χ4v) is 3.00. The van der Waals surface area contributed by atoms with Crippen LogP contribution in [-0.4, -0.2) is 31.1 Å². The van der Waals surface area contributed by atoms with Crippen molar-refractivity contribution in [2.45, 2.75) is 0 Å². The van der Waals surface area contributed by atoms with Crippen LogP contribution in [0, 0.1) is 0 Å². The van der Waals surface area contributed by atoms with E-state index in [2.05, 4.69) is 19.7 Å². The van der Waals surface area contributed by atoms with E-state index in [0.717, 1.165) is 29.4 Å². The minimum absolute atomic E-state index is 0.123. The van der Waals surface area contributed by atoms with E-state index in [1.54, 1.807) is 12.1 Å². The molecule has 0 saturated carbocycles. The van der Waals surface area contributed by atoms with Crippen LogP contribution in [0.3, 0.4) is 0 Å². The minimum Gasteiger partial charge on any atom is -0.490 e. The minimum atomic E-state index is -0.669. The van der Waals surface area contributed by atoms with E-state index in [-0.39, 0.29) is 24.7 Å². The van der Waals surface area contributed by atoms with Gasteiger partial charge in [-0.2, -0.15) is 0 Å². The van der Waals surface area contributed by atoms with E-state index in [0.29, 0.717) is 17.2 Å². The zero-order valence-electron chi connectivity index (χ0n) is 19.9. The van der Waals surface area contributed by atoms with Gasteiger partial charge in [0.15, 0.2) is 0 Å². The van der Waals surface area contributed by atoms with Crippen molar-refractivity contribution in [3.8, 4) is 39.9 Å². The molecule has 0 N–H and O–H groups in total. The topological polar surface area (TPSA) is 97.4 Å². The summed E-state index contributed by atoms with van der Waals surface area (Å²) < 4.78 is 26.7. The molecule has 0 heterocycles. The molecule has 3 aromatic rings. The summed E-state index contributed by atoms with van der Waals surface area (Å²) in [7, 11) is 0. The van der Waals surface area contributed by atoms with Crippen LogP contribution in [0.5, 0.6) is 28.7 Å². The fourth-order valence-electron chi connectivity index (χ4n) is 3.00. The van der Waals surface area contributed by atoms with Gasteiger partial charge < -0.3 is 23.7 Å². The summed E-state index contributed by atoms with van der Waals surface area (Å²) in [6, 6.07) is 18.9. The lowest BCUT2D eigenvalue weighted by atomic mass is 10.1. The Balaban J connectivity index is 1.56.